The van der Waals surface area contributed by atoms with E-state index < -0.39 is 0 Å². The molecule has 0 saturated carbocycles. The van der Waals surface area contributed by atoms with Crippen molar-refractivity contribution >= 4 is 61.2 Å². The molecule has 7 nitrogen and oxygen atoms in total. The molecule has 6 aromatic carbocycles. The van der Waals surface area contributed by atoms with Gasteiger partial charge < -0.3 is 16.8 Å². The van der Waals surface area contributed by atoms with Gasteiger partial charge in [0.2, 0.25) is 33.4 Å². The number of nitrogen functional groups attached to an aromatic ring is 2. The molecule has 306 valence electrons. The fourth-order valence-electron chi connectivity index (χ4n) is 8.82. The van der Waals surface area contributed by atoms with Crippen LogP contribution in [0.5, 0.6) is 0 Å². The van der Waals surface area contributed by atoms with E-state index in [0.717, 1.165) is 91.0 Å². The Morgan fingerprint density at radius 3 is 1.33 bits per heavy atom. The lowest BCUT2D eigenvalue weighted by Gasteiger charge is -2.12. The lowest BCUT2D eigenvalue weighted by Crippen LogP contribution is -2.33. The lowest BCUT2D eigenvalue weighted by molar-refractivity contribution is -0.538. The van der Waals surface area contributed by atoms with Gasteiger partial charge >= 0.3 is 0 Å². The first kappa shape index (κ1) is 40.7. The highest BCUT2D eigenvalue weighted by atomic mass is 15.0. The molecule has 0 spiro atoms. The first-order valence-electron chi connectivity index (χ1n) is 22.2. The summed E-state index contributed by atoms with van der Waals surface area (Å²) in [6.07, 6.45) is 15.3. The van der Waals surface area contributed by atoms with Crippen molar-refractivity contribution in [3.05, 3.63) is 137 Å². The van der Waals surface area contributed by atoms with Crippen molar-refractivity contribution in [1.29, 1.82) is 0 Å². The Kier molecular flexibility index (Phi) is 12.5. The molecule has 0 aliphatic rings. The van der Waals surface area contributed by atoms with Gasteiger partial charge in [-0.25, -0.2) is 9.97 Å². The number of nitrogens with zero attached hydrogens (tertiary/aromatic N) is 4. The number of fused-ring (bicyclic) bond motifs is 4. The number of anilines is 3. The van der Waals surface area contributed by atoms with E-state index in [1.165, 1.54) is 93.0 Å². The Bertz CT molecular complexity index is 2590. The minimum absolute atomic E-state index is 0.783. The fourth-order valence-corrected chi connectivity index (χ4v) is 8.82. The molecule has 8 aromatic rings. The predicted octanol–water partition coefficient (Wildman–Crippen LogP) is 12.0. The van der Waals surface area contributed by atoms with Gasteiger partial charge in [0.1, 0.15) is 22.1 Å². The van der Waals surface area contributed by atoms with Crippen LogP contribution in [0, 0.1) is 27.7 Å². The monoisotopic (exact) mass is 795 g/mol. The van der Waals surface area contributed by atoms with Gasteiger partial charge in [-0.2, -0.15) is 0 Å². The molecule has 2 aromatic heterocycles. The molecule has 0 radical (unpaired) electrons. The first-order chi connectivity index (χ1) is 29.2. The maximum atomic E-state index is 6.41. The minimum atomic E-state index is 0.783. The van der Waals surface area contributed by atoms with Gasteiger partial charge in [0.05, 0.1) is 0 Å². The summed E-state index contributed by atoms with van der Waals surface area (Å²) in [7, 11) is 0. The highest BCUT2D eigenvalue weighted by molar-refractivity contribution is 5.88. The molecule has 0 aliphatic heterocycles. The van der Waals surface area contributed by atoms with Crippen LogP contribution in [0.15, 0.2) is 109 Å². The van der Waals surface area contributed by atoms with Crippen LogP contribution in [0.2, 0.25) is 0 Å². The van der Waals surface area contributed by atoms with Crippen LogP contribution in [0.3, 0.4) is 0 Å². The number of hydrogen-bond donors (Lipinski definition) is 3. The second-order valence-corrected chi connectivity index (χ2v) is 16.9. The summed E-state index contributed by atoms with van der Waals surface area (Å²) in [6, 6.07) is 38.6. The standard InChI is InChI=1S/C53H59N7/c1-36-28-46-50(59(41-23-17-14-18-24-41)51-33-43(54)37(2)29-47(51)57-46)32-40(36)22-16-12-10-8-6-5-7-9-11-13-21-27-56-45-35-53-49(31-39(45)4)58-48-30-38(3)44(55)34-52(48)60(53)42-25-19-15-20-26-42/h14-15,17-20,23-26,28-35,54H,5-13,16,21-22,27H2,1-4H3,(H2,55,56)/p+2. The lowest BCUT2D eigenvalue weighted by atomic mass is 9.99. The van der Waals surface area contributed by atoms with Crippen LogP contribution in [0.1, 0.15) is 98.4 Å². The first-order valence-corrected chi connectivity index (χ1v) is 22.2. The number of unbranched alkanes of at least 4 members (excludes halogenated alkanes) is 10. The number of nitrogens with one attached hydrogen (secondary N) is 1. The second-order valence-electron chi connectivity index (χ2n) is 16.9. The summed E-state index contributed by atoms with van der Waals surface area (Å²) in [5, 5.41) is 3.75. The van der Waals surface area contributed by atoms with Gasteiger partial charge in [-0.3, -0.25) is 0 Å². The van der Waals surface area contributed by atoms with Crippen molar-refractivity contribution < 1.29 is 9.13 Å². The van der Waals surface area contributed by atoms with Crippen LogP contribution >= 0.6 is 0 Å². The normalized spacial score (nSPS) is 11.7. The predicted molar refractivity (Wildman–Crippen MR) is 252 cm³/mol. The zero-order chi connectivity index (χ0) is 41.6. The maximum absolute atomic E-state index is 6.41. The van der Waals surface area contributed by atoms with Gasteiger partial charge in [-0.1, -0.05) is 94.2 Å². The summed E-state index contributed by atoms with van der Waals surface area (Å²) in [5.74, 6) is 0. The molecule has 60 heavy (non-hydrogen) atoms. The Balaban J connectivity index is 0.770. The quantitative estimate of drug-likeness (QED) is 0.0369. The molecule has 7 heteroatoms. The maximum Gasteiger partial charge on any atom is 0.239 e. The topological polar surface area (TPSA) is 97.6 Å². The molecule has 5 N–H and O–H groups in total. The Labute approximate surface area is 355 Å². The van der Waals surface area contributed by atoms with Gasteiger partial charge in [0.15, 0.2) is 0 Å². The smallest absolute Gasteiger partial charge is 0.239 e. The van der Waals surface area contributed by atoms with Gasteiger partial charge in [-0.05, 0) is 99.0 Å². The van der Waals surface area contributed by atoms with Gasteiger partial charge in [0.25, 0.3) is 0 Å². The van der Waals surface area contributed by atoms with Gasteiger partial charge in [-0.15, -0.1) is 9.13 Å². The number of hydrogen-bond acceptors (Lipinski definition) is 5. The van der Waals surface area contributed by atoms with Gasteiger partial charge in [0, 0.05) is 72.1 Å². The average molecular weight is 796 g/mol. The van der Waals surface area contributed by atoms with Crippen LogP contribution in [0.4, 0.5) is 17.1 Å². The van der Waals surface area contributed by atoms with E-state index in [-0.39, 0.29) is 0 Å². The van der Waals surface area contributed by atoms with Crippen LogP contribution in [0.25, 0.3) is 55.5 Å². The summed E-state index contributed by atoms with van der Waals surface area (Å²) in [5.41, 5.74) is 32.1. The van der Waals surface area contributed by atoms with Crippen LogP contribution in [-0.2, 0) is 6.42 Å². The highest BCUT2D eigenvalue weighted by Gasteiger charge is 2.23. The van der Waals surface area contributed by atoms with Crippen molar-refractivity contribution in [2.45, 2.75) is 105 Å². The van der Waals surface area contributed by atoms with Crippen molar-refractivity contribution in [3.63, 3.8) is 0 Å². The number of aromatic nitrogens is 4. The number of aryl methyl sites for hydroxylation is 5. The third-order valence-corrected chi connectivity index (χ3v) is 12.4. The Hall–Kier alpha value is -6.08. The number of nitrogens with two attached hydrogens (primary N) is 2. The molecule has 0 bridgehead atoms. The number of rotatable bonds is 17. The molecule has 0 unspecified atom stereocenters. The summed E-state index contributed by atoms with van der Waals surface area (Å²) < 4.78 is 4.63. The van der Waals surface area contributed by atoms with Crippen molar-refractivity contribution in [1.82, 2.24) is 9.97 Å². The zero-order valence-corrected chi connectivity index (χ0v) is 36.0. The fraction of sp³-hybridized carbons (Fsp3) is 0.321. The second kappa shape index (κ2) is 18.5. The van der Waals surface area contributed by atoms with E-state index in [2.05, 4.69) is 144 Å². The molecule has 0 saturated heterocycles. The van der Waals surface area contributed by atoms with Crippen molar-refractivity contribution in [2.75, 3.05) is 23.3 Å². The van der Waals surface area contributed by atoms with E-state index >= 15 is 0 Å². The minimum Gasteiger partial charge on any atom is -0.398 e. The molecule has 8 rings (SSSR count). The molecular weight excluding hydrogens is 735 g/mol. The molecule has 0 atom stereocenters. The third kappa shape index (κ3) is 8.91. The summed E-state index contributed by atoms with van der Waals surface area (Å²) in [6.45, 7) is 9.48. The Morgan fingerprint density at radius 2 is 0.833 bits per heavy atom. The highest BCUT2D eigenvalue weighted by Crippen LogP contribution is 2.28. The van der Waals surface area contributed by atoms with E-state index in [1.54, 1.807) is 0 Å². The SMILES string of the molecule is Cc1cc2nc3cc(C)c(CCCCCCCCCCCCCNc4cc5c(cc4C)nc4cc(C)c(N)cc4[n+]5-c4ccccc4)cc3[n+](-c3ccccc3)c2cc1N. The Morgan fingerprint density at radius 1 is 0.433 bits per heavy atom. The summed E-state index contributed by atoms with van der Waals surface area (Å²) >= 11 is 0. The molecule has 0 amide bonds. The number of para-hydroxylation sites is 2. The zero-order valence-electron chi connectivity index (χ0n) is 36.0. The molecule has 0 fully saturated rings. The van der Waals surface area contributed by atoms with E-state index in [4.69, 9.17) is 21.4 Å². The van der Waals surface area contributed by atoms with Crippen molar-refractivity contribution in [3.8, 4) is 11.4 Å². The van der Waals surface area contributed by atoms with E-state index in [9.17, 15) is 0 Å². The third-order valence-electron chi connectivity index (χ3n) is 12.4. The van der Waals surface area contributed by atoms with E-state index in [1.807, 2.05) is 6.92 Å². The van der Waals surface area contributed by atoms with Crippen molar-refractivity contribution in [2.24, 2.45) is 0 Å². The average Bonchev–Trinajstić information content (AvgIpc) is 3.24. The molecule has 2 heterocycles. The largest absolute Gasteiger partial charge is 0.398 e. The number of benzene rings is 6. The molecular formula is C53H61N7+2. The van der Waals surface area contributed by atoms with Crippen LogP contribution in [-0.4, -0.2) is 16.5 Å². The molecule has 0 aliphatic carbocycles. The van der Waals surface area contributed by atoms with Crippen LogP contribution < -0.4 is 25.9 Å². The van der Waals surface area contributed by atoms with E-state index in [0.29, 0.717) is 0 Å². The summed E-state index contributed by atoms with van der Waals surface area (Å²) in [4.78, 5) is 10.2.